The number of likely N-dealkylation sites (tertiary alicyclic amines) is 1. The van der Waals surface area contributed by atoms with E-state index in [2.05, 4.69) is 17.1 Å². The molecule has 1 aliphatic heterocycles. The highest BCUT2D eigenvalue weighted by molar-refractivity contribution is 4.66. The first-order valence-electron chi connectivity index (χ1n) is 6.27. The molecule has 15 heavy (non-hydrogen) atoms. The minimum absolute atomic E-state index is 0.483. The predicted octanol–water partition coefficient (Wildman–Crippen LogP) is 1.49. The summed E-state index contributed by atoms with van der Waals surface area (Å²) in [6, 6.07) is 0.483. The van der Waals surface area contributed by atoms with Crippen LogP contribution in [0.2, 0.25) is 0 Å². The minimum atomic E-state index is 0.483. The fourth-order valence-electron chi connectivity index (χ4n) is 2.14. The van der Waals surface area contributed by atoms with Gasteiger partial charge in [0.2, 0.25) is 0 Å². The van der Waals surface area contributed by atoms with Crippen molar-refractivity contribution in [1.29, 1.82) is 0 Å². The van der Waals surface area contributed by atoms with Crippen LogP contribution in [0.3, 0.4) is 0 Å². The summed E-state index contributed by atoms with van der Waals surface area (Å²) in [6.45, 7) is 7.98. The summed E-state index contributed by atoms with van der Waals surface area (Å²) in [7, 11) is 1.76. The molecule has 0 aromatic carbocycles. The highest BCUT2D eigenvalue weighted by atomic mass is 16.5. The summed E-state index contributed by atoms with van der Waals surface area (Å²) in [5, 5.41) is 3.47. The topological polar surface area (TPSA) is 24.5 Å². The number of nitrogens with zero attached hydrogens (tertiary/aromatic N) is 1. The van der Waals surface area contributed by atoms with Crippen LogP contribution in [-0.4, -0.2) is 50.8 Å². The van der Waals surface area contributed by atoms with E-state index in [4.69, 9.17) is 4.74 Å². The van der Waals surface area contributed by atoms with E-state index in [1.165, 1.54) is 45.3 Å². The highest BCUT2D eigenvalue weighted by Crippen LogP contribution is 2.08. The zero-order valence-electron chi connectivity index (χ0n) is 10.3. The quantitative estimate of drug-likeness (QED) is 0.650. The van der Waals surface area contributed by atoms with Gasteiger partial charge in [0, 0.05) is 13.2 Å². The van der Waals surface area contributed by atoms with E-state index in [1.807, 2.05) is 0 Å². The van der Waals surface area contributed by atoms with Crippen LogP contribution in [0.25, 0.3) is 0 Å². The molecule has 0 bridgehead atoms. The second-order valence-corrected chi connectivity index (χ2v) is 4.57. The SMILES string of the molecule is COCC(C)NCCCN1CCCCC1. The molecule has 0 aromatic heterocycles. The smallest absolute Gasteiger partial charge is 0.0613 e. The Morgan fingerprint density at radius 3 is 2.67 bits per heavy atom. The molecule has 0 spiro atoms. The largest absolute Gasteiger partial charge is 0.383 e. The molecule has 1 fully saturated rings. The molecule has 3 nitrogen and oxygen atoms in total. The second-order valence-electron chi connectivity index (χ2n) is 4.57. The van der Waals surface area contributed by atoms with Crippen molar-refractivity contribution >= 4 is 0 Å². The van der Waals surface area contributed by atoms with Crippen molar-refractivity contribution in [3.8, 4) is 0 Å². The summed E-state index contributed by atoms with van der Waals surface area (Å²) >= 11 is 0. The Morgan fingerprint density at radius 1 is 1.27 bits per heavy atom. The van der Waals surface area contributed by atoms with Crippen LogP contribution in [-0.2, 0) is 4.74 Å². The van der Waals surface area contributed by atoms with E-state index in [0.29, 0.717) is 6.04 Å². The van der Waals surface area contributed by atoms with Crippen molar-refractivity contribution in [2.75, 3.05) is 39.9 Å². The van der Waals surface area contributed by atoms with Gasteiger partial charge in [-0.3, -0.25) is 0 Å². The first kappa shape index (κ1) is 12.9. The van der Waals surface area contributed by atoms with Gasteiger partial charge in [0.15, 0.2) is 0 Å². The number of hydrogen-bond donors (Lipinski definition) is 1. The van der Waals surface area contributed by atoms with Crippen LogP contribution in [0.1, 0.15) is 32.6 Å². The van der Waals surface area contributed by atoms with Crippen LogP contribution < -0.4 is 5.32 Å². The molecule has 0 aliphatic carbocycles. The molecule has 1 rings (SSSR count). The maximum absolute atomic E-state index is 5.08. The average molecular weight is 214 g/mol. The molecule has 1 N–H and O–H groups in total. The van der Waals surface area contributed by atoms with Gasteiger partial charge in [0.1, 0.15) is 0 Å². The standard InChI is InChI=1S/C12H26N2O/c1-12(11-15-2)13-7-6-10-14-8-4-3-5-9-14/h12-13H,3-11H2,1-2H3. The van der Waals surface area contributed by atoms with E-state index < -0.39 is 0 Å². The van der Waals surface area contributed by atoms with Crippen molar-refractivity contribution in [3.05, 3.63) is 0 Å². The zero-order chi connectivity index (χ0) is 10.9. The third kappa shape index (κ3) is 6.13. The van der Waals surface area contributed by atoms with Gasteiger partial charge in [-0.05, 0) is 52.4 Å². The van der Waals surface area contributed by atoms with E-state index in [9.17, 15) is 0 Å². The summed E-state index contributed by atoms with van der Waals surface area (Å²) in [4.78, 5) is 2.59. The molecule has 1 unspecified atom stereocenters. The second kappa shape index (κ2) is 8.08. The Labute approximate surface area is 94.2 Å². The Bertz CT molecular complexity index is 147. The third-order valence-electron chi connectivity index (χ3n) is 3.01. The molecule has 1 saturated heterocycles. The lowest BCUT2D eigenvalue weighted by Gasteiger charge is -2.26. The summed E-state index contributed by atoms with van der Waals surface area (Å²) in [5.74, 6) is 0. The normalized spacial score (nSPS) is 20.4. The summed E-state index contributed by atoms with van der Waals surface area (Å²) < 4.78 is 5.08. The molecule has 1 atom stereocenters. The monoisotopic (exact) mass is 214 g/mol. The van der Waals surface area contributed by atoms with Gasteiger partial charge in [-0.15, -0.1) is 0 Å². The summed E-state index contributed by atoms with van der Waals surface area (Å²) in [5.41, 5.74) is 0. The van der Waals surface area contributed by atoms with Crippen LogP contribution in [0.5, 0.6) is 0 Å². The maximum Gasteiger partial charge on any atom is 0.0613 e. The van der Waals surface area contributed by atoms with Gasteiger partial charge < -0.3 is 15.0 Å². The molecule has 90 valence electrons. The summed E-state index contributed by atoms with van der Waals surface area (Å²) in [6.07, 6.45) is 5.48. The van der Waals surface area contributed by atoms with Gasteiger partial charge in [-0.2, -0.15) is 0 Å². The lowest BCUT2D eigenvalue weighted by Crippen LogP contribution is -2.35. The predicted molar refractivity (Wildman–Crippen MR) is 64.2 cm³/mol. The van der Waals surface area contributed by atoms with Gasteiger partial charge in [0.05, 0.1) is 6.61 Å². The zero-order valence-corrected chi connectivity index (χ0v) is 10.3. The number of hydrogen-bond acceptors (Lipinski definition) is 3. The molecule has 0 aromatic rings. The van der Waals surface area contributed by atoms with E-state index in [1.54, 1.807) is 7.11 Å². The average Bonchev–Trinajstić information content (AvgIpc) is 2.26. The number of rotatable bonds is 7. The van der Waals surface area contributed by atoms with Crippen LogP contribution in [0.4, 0.5) is 0 Å². The fraction of sp³-hybridized carbons (Fsp3) is 1.00. The lowest BCUT2D eigenvalue weighted by atomic mass is 10.1. The number of piperidine rings is 1. The molecule has 1 heterocycles. The molecule has 3 heteroatoms. The van der Waals surface area contributed by atoms with E-state index in [0.717, 1.165) is 13.2 Å². The van der Waals surface area contributed by atoms with Crippen molar-refractivity contribution in [3.63, 3.8) is 0 Å². The van der Waals surface area contributed by atoms with Gasteiger partial charge in [-0.25, -0.2) is 0 Å². The molecule has 0 radical (unpaired) electrons. The van der Waals surface area contributed by atoms with Crippen molar-refractivity contribution in [2.24, 2.45) is 0 Å². The third-order valence-corrected chi connectivity index (χ3v) is 3.01. The van der Waals surface area contributed by atoms with Crippen molar-refractivity contribution in [1.82, 2.24) is 10.2 Å². The number of methoxy groups -OCH3 is 1. The van der Waals surface area contributed by atoms with Crippen LogP contribution in [0.15, 0.2) is 0 Å². The van der Waals surface area contributed by atoms with Gasteiger partial charge in [-0.1, -0.05) is 6.42 Å². The van der Waals surface area contributed by atoms with E-state index >= 15 is 0 Å². The van der Waals surface area contributed by atoms with Crippen molar-refractivity contribution < 1.29 is 4.74 Å². The number of ether oxygens (including phenoxy) is 1. The van der Waals surface area contributed by atoms with E-state index in [-0.39, 0.29) is 0 Å². The first-order chi connectivity index (χ1) is 7.33. The molecule has 0 amide bonds. The Morgan fingerprint density at radius 2 is 2.00 bits per heavy atom. The molecular formula is C12H26N2O. The van der Waals surface area contributed by atoms with Gasteiger partial charge in [0.25, 0.3) is 0 Å². The molecule has 1 aliphatic rings. The Balaban J connectivity index is 1.91. The Hall–Kier alpha value is -0.120. The van der Waals surface area contributed by atoms with Crippen LogP contribution in [0, 0.1) is 0 Å². The molecule has 0 saturated carbocycles. The Kier molecular flexibility index (Phi) is 6.98. The first-order valence-corrected chi connectivity index (χ1v) is 6.27. The minimum Gasteiger partial charge on any atom is -0.383 e. The van der Waals surface area contributed by atoms with Gasteiger partial charge >= 0.3 is 0 Å². The molecular weight excluding hydrogens is 188 g/mol. The van der Waals surface area contributed by atoms with Crippen LogP contribution >= 0.6 is 0 Å². The van der Waals surface area contributed by atoms with Crippen molar-refractivity contribution in [2.45, 2.75) is 38.6 Å². The number of nitrogens with one attached hydrogen (secondary N) is 1. The fourth-order valence-corrected chi connectivity index (χ4v) is 2.14. The lowest BCUT2D eigenvalue weighted by molar-refractivity contribution is 0.170. The maximum atomic E-state index is 5.08. The highest BCUT2D eigenvalue weighted by Gasteiger charge is 2.09.